The molecule has 3 heterocycles. The fourth-order valence-electron chi connectivity index (χ4n) is 3.66. The van der Waals surface area contributed by atoms with Crippen molar-refractivity contribution in [3.05, 3.63) is 40.5 Å². The van der Waals surface area contributed by atoms with Crippen molar-refractivity contribution in [2.24, 2.45) is 0 Å². The van der Waals surface area contributed by atoms with Crippen molar-refractivity contribution in [2.45, 2.75) is 30.7 Å². The Morgan fingerprint density at radius 3 is 2.73 bits per heavy atom. The van der Waals surface area contributed by atoms with E-state index in [0.29, 0.717) is 0 Å². The van der Waals surface area contributed by atoms with Gasteiger partial charge in [0.2, 0.25) is 0 Å². The molecule has 4 rings (SSSR count). The van der Waals surface area contributed by atoms with Crippen molar-refractivity contribution in [3.8, 4) is 0 Å². The Morgan fingerprint density at radius 2 is 2.07 bits per heavy atom. The molecule has 0 radical (unpaired) electrons. The SMILES string of the molecule is Cc1nn2c(Nc3ccc(S(=O)N(C)C)cc3)cc(N3CCCC3CO)nc2c1Br. The number of benzene rings is 1. The standard InChI is InChI=1S/C20H25BrN6O2S/c1-13-19(21)20-23-17(26-10-4-5-15(26)12-28)11-18(27(20)24-13)22-14-6-8-16(9-7-14)30(29)25(2)3/h6-9,11,15,22,28H,4-5,10,12H2,1-3H3. The van der Waals surface area contributed by atoms with Gasteiger partial charge in [-0.3, -0.25) is 0 Å². The normalized spacial score (nSPS) is 17.8. The summed E-state index contributed by atoms with van der Waals surface area (Å²) >= 11 is 3.60. The lowest BCUT2D eigenvalue weighted by Crippen LogP contribution is -2.32. The fourth-order valence-corrected chi connectivity index (χ4v) is 4.79. The van der Waals surface area contributed by atoms with Crippen LogP contribution in [-0.4, -0.2) is 61.5 Å². The molecule has 1 aliphatic heterocycles. The predicted octanol–water partition coefficient (Wildman–Crippen LogP) is 3.09. The number of aliphatic hydroxyl groups is 1. The summed E-state index contributed by atoms with van der Waals surface area (Å²) < 4.78 is 16.5. The van der Waals surface area contributed by atoms with E-state index >= 15 is 0 Å². The number of fused-ring (bicyclic) bond motifs is 1. The van der Waals surface area contributed by atoms with Gasteiger partial charge in [0, 0.05) is 18.3 Å². The Labute approximate surface area is 186 Å². The molecule has 3 aromatic rings. The highest BCUT2D eigenvalue weighted by Crippen LogP contribution is 2.31. The third-order valence-electron chi connectivity index (χ3n) is 5.22. The van der Waals surface area contributed by atoms with E-state index in [1.807, 2.05) is 37.3 Å². The maximum Gasteiger partial charge on any atom is 0.174 e. The van der Waals surface area contributed by atoms with Crippen LogP contribution in [0.2, 0.25) is 0 Å². The van der Waals surface area contributed by atoms with Crippen molar-refractivity contribution in [3.63, 3.8) is 0 Å². The number of aromatic nitrogens is 3. The average Bonchev–Trinajstić information content (AvgIpc) is 3.33. The van der Waals surface area contributed by atoms with Crippen molar-refractivity contribution >= 4 is 49.9 Å². The third-order valence-corrected chi connectivity index (χ3v) is 7.49. The van der Waals surface area contributed by atoms with Crippen molar-refractivity contribution in [1.82, 2.24) is 18.9 Å². The van der Waals surface area contributed by atoms with Gasteiger partial charge in [-0.25, -0.2) is 13.5 Å². The van der Waals surface area contributed by atoms with Crippen LogP contribution in [-0.2, 0) is 11.0 Å². The maximum absolute atomic E-state index is 12.2. The second-order valence-corrected chi connectivity index (χ2v) is 10.0. The van der Waals surface area contributed by atoms with Crippen LogP contribution in [0, 0.1) is 6.92 Å². The van der Waals surface area contributed by atoms with E-state index in [0.717, 1.165) is 57.4 Å². The summed E-state index contributed by atoms with van der Waals surface area (Å²) in [5, 5.41) is 17.8. The Morgan fingerprint density at radius 1 is 1.33 bits per heavy atom. The topological polar surface area (TPSA) is 86.0 Å². The minimum atomic E-state index is -1.18. The highest BCUT2D eigenvalue weighted by molar-refractivity contribution is 9.10. The maximum atomic E-state index is 12.2. The second-order valence-electron chi connectivity index (χ2n) is 7.52. The predicted molar refractivity (Wildman–Crippen MR) is 123 cm³/mol. The van der Waals surface area contributed by atoms with E-state index in [9.17, 15) is 9.32 Å². The molecule has 1 fully saturated rings. The van der Waals surface area contributed by atoms with Gasteiger partial charge in [-0.05, 0) is 74.1 Å². The Hall–Kier alpha value is -2.01. The second kappa shape index (κ2) is 8.62. The van der Waals surface area contributed by atoms with Crippen molar-refractivity contribution in [2.75, 3.05) is 37.5 Å². The Kier molecular flexibility index (Phi) is 6.10. The number of rotatable bonds is 6. The Balaban J connectivity index is 1.72. The van der Waals surface area contributed by atoms with Crippen LogP contribution in [0.4, 0.5) is 17.3 Å². The number of halogens is 1. The summed E-state index contributed by atoms with van der Waals surface area (Å²) in [4.78, 5) is 7.72. The molecule has 0 spiro atoms. The number of hydrogen-bond donors (Lipinski definition) is 2. The first-order chi connectivity index (χ1) is 14.4. The zero-order chi connectivity index (χ0) is 21.4. The Bertz CT molecular complexity index is 1090. The zero-order valence-corrected chi connectivity index (χ0v) is 19.6. The van der Waals surface area contributed by atoms with Gasteiger partial charge in [0.1, 0.15) is 22.6 Å². The smallest absolute Gasteiger partial charge is 0.174 e. The molecule has 0 aliphatic carbocycles. The summed E-state index contributed by atoms with van der Waals surface area (Å²) in [6.45, 7) is 2.91. The number of anilines is 3. The highest BCUT2D eigenvalue weighted by Gasteiger charge is 2.26. The number of nitrogens with zero attached hydrogens (tertiary/aromatic N) is 5. The highest BCUT2D eigenvalue weighted by atomic mass is 79.9. The van der Waals surface area contributed by atoms with Crippen LogP contribution in [0.3, 0.4) is 0 Å². The summed E-state index contributed by atoms with van der Waals surface area (Å²) in [6.07, 6.45) is 1.99. The van der Waals surface area contributed by atoms with Gasteiger partial charge < -0.3 is 15.3 Å². The van der Waals surface area contributed by atoms with Crippen LogP contribution in [0.25, 0.3) is 5.65 Å². The molecular weight excluding hydrogens is 468 g/mol. The molecule has 1 aromatic carbocycles. The first-order valence-corrected chi connectivity index (χ1v) is 11.7. The summed E-state index contributed by atoms with van der Waals surface area (Å²) in [5.41, 5.74) is 2.43. The lowest BCUT2D eigenvalue weighted by atomic mass is 10.2. The third kappa shape index (κ3) is 3.96. The molecule has 160 valence electrons. The number of aryl methyl sites for hydroxylation is 1. The first kappa shape index (κ1) is 21.2. The minimum absolute atomic E-state index is 0.0795. The quantitative estimate of drug-likeness (QED) is 0.549. The van der Waals surface area contributed by atoms with Gasteiger partial charge in [0.25, 0.3) is 0 Å². The van der Waals surface area contributed by atoms with Gasteiger partial charge in [0.05, 0.1) is 27.7 Å². The number of aliphatic hydroxyl groups excluding tert-OH is 1. The molecule has 2 aromatic heterocycles. The molecular formula is C20H25BrN6O2S. The molecule has 0 bridgehead atoms. The fraction of sp³-hybridized carbons (Fsp3) is 0.400. The van der Waals surface area contributed by atoms with Crippen LogP contribution in [0.1, 0.15) is 18.5 Å². The van der Waals surface area contributed by atoms with E-state index in [1.165, 1.54) is 0 Å². The van der Waals surface area contributed by atoms with E-state index in [4.69, 9.17) is 4.98 Å². The van der Waals surface area contributed by atoms with Gasteiger partial charge in [-0.15, -0.1) is 0 Å². The number of hydrogen-bond acceptors (Lipinski definition) is 6. The van der Waals surface area contributed by atoms with E-state index in [2.05, 4.69) is 31.2 Å². The lowest BCUT2D eigenvalue weighted by molar-refractivity contribution is 0.266. The van der Waals surface area contributed by atoms with Crippen LogP contribution < -0.4 is 10.2 Å². The zero-order valence-electron chi connectivity index (χ0n) is 17.2. The largest absolute Gasteiger partial charge is 0.394 e. The van der Waals surface area contributed by atoms with Crippen LogP contribution in [0.5, 0.6) is 0 Å². The average molecular weight is 493 g/mol. The minimum Gasteiger partial charge on any atom is -0.394 e. The van der Waals surface area contributed by atoms with E-state index < -0.39 is 11.0 Å². The molecule has 2 atom stereocenters. The van der Waals surface area contributed by atoms with Crippen molar-refractivity contribution < 1.29 is 9.32 Å². The number of nitrogens with one attached hydrogen (secondary N) is 1. The molecule has 1 aliphatic rings. The molecule has 0 amide bonds. The van der Waals surface area contributed by atoms with E-state index in [1.54, 1.807) is 22.9 Å². The van der Waals surface area contributed by atoms with Crippen LogP contribution >= 0.6 is 15.9 Å². The molecule has 2 unspecified atom stereocenters. The molecule has 8 nitrogen and oxygen atoms in total. The molecule has 30 heavy (non-hydrogen) atoms. The molecule has 10 heteroatoms. The van der Waals surface area contributed by atoms with Gasteiger partial charge in [-0.2, -0.15) is 9.61 Å². The summed E-state index contributed by atoms with van der Waals surface area (Å²) in [7, 11) is 2.39. The molecule has 0 saturated carbocycles. The summed E-state index contributed by atoms with van der Waals surface area (Å²) in [6, 6.07) is 9.55. The molecule has 2 N–H and O–H groups in total. The van der Waals surface area contributed by atoms with Crippen LogP contribution in [0.15, 0.2) is 39.7 Å². The first-order valence-electron chi connectivity index (χ1n) is 9.78. The monoisotopic (exact) mass is 492 g/mol. The lowest BCUT2D eigenvalue weighted by Gasteiger charge is -2.25. The summed E-state index contributed by atoms with van der Waals surface area (Å²) in [5.74, 6) is 1.58. The van der Waals surface area contributed by atoms with Gasteiger partial charge >= 0.3 is 0 Å². The van der Waals surface area contributed by atoms with Crippen molar-refractivity contribution in [1.29, 1.82) is 0 Å². The van der Waals surface area contributed by atoms with Gasteiger partial charge in [0.15, 0.2) is 5.65 Å². The van der Waals surface area contributed by atoms with Gasteiger partial charge in [-0.1, -0.05) is 0 Å². The van der Waals surface area contributed by atoms with E-state index in [-0.39, 0.29) is 12.6 Å². The molecule has 1 saturated heterocycles.